The maximum atomic E-state index is 11.5. The highest BCUT2D eigenvalue weighted by atomic mass is 32.2. The first-order chi connectivity index (χ1) is 9.52. The van der Waals surface area contributed by atoms with Crippen LogP contribution in [0.25, 0.3) is 0 Å². The van der Waals surface area contributed by atoms with Gasteiger partial charge in [0.25, 0.3) is 15.2 Å². The van der Waals surface area contributed by atoms with Gasteiger partial charge in [0.05, 0.1) is 6.61 Å². The van der Waals surface area contributed by atoms with E-state index in [0.29, 0.717) is 25.4 Å². The number of primary sulfonamides is 1. The first kappa shape index (κ1) is 15.4. The summed E-state index contributed by atoms with van der Waals surface area (Å²) in [4.78, 5) is 2.34. The molecule has 0 aliphatic carbocycles. The fraction of sp³-hybridized carbons (Fsp3) is 0.818. The molecule has 20 heavy (non-hydrogen) atoms. The number of methoxy groups -OCH3 is 1. The molecule has 1 aromatic rings. The maximum Gasteiger partial charge on any atom is 0.273 e. The van der Waals surface area contributed by atoms with Gasteiger partial charge in [-0.25, -0.2) is 13.6 Å². The van der Waals surface area contributed by atoms with Crippen LogP contribution in [0.2, 0.25) is 0 Å². The van der Waals surface area contributed by atoms with E-state index in [1.54, 1.807) is 7.11 Å². The Morgan fingerprint density at radius 2 is 1.95 bits per heavy atom. The van der Waals surface area contributed by atoms with E-state index in [1.165, 1.54) is 17.4 Å². The lowest BCUT2D eigenvalue weighted by Gasteiger charge is -2.14. The van der Waals surface area contributed by atoms with Gasteiger partial charge in [0, 0.05) is 26.6 Å². The summed E-state index contributed by atoms with van der Waals surface area (Å²) in [7, 11) is -2.30. The van der Waals surface area contributed by atoms with Crippen molar-refractivity contribution in [1.29, 1.82) is 0 Å². The van der Waals surface area contributed by atoms with Gasteiger partial charge in [0.1, 0.15) is 5.82 Å². The second kappa shape index (κ2) is 6.61. The zero-order chi connectivity index (χ0) is 14.6. The van der Waals surface area contributed by atoms with Crippen LogP contribution >= 0.6 is 0 Å². The fourth-order valence-corrected chi connectivity index (χ4v) is 3.04. The zero-order valence-electron chi connectivity index (χ0n) is 11.7. The van der Waals surface area contributed by atoms with Crippen molar-refractivity contribution in [3.63, 3.8) is 0 Å². The molecule has 114 valence electrons. The molecular formula is C11H21N5O3S. The van der Waals surface area contributed by atoms with E-state index in [1.807, 2.05) is 0 Å². The molecular weight excluding hydrogens is 282 g/mol. The number of nitrogens with two attached hydrogens (primary N) is 1. The van der Waals surface area contributed by atoms with Crippen LogP contribution in [0.3, 0.4) is 0 Å². The van der Waals surface area contributed by atoms with Gasteiger partial charge >= 0.3 is 0 Å². The summed E-state index contributed by atoms with van der Waals surface area (Å²) >= 11 is 0. The van der Waals surface area contributed by atoms with Crippen LogP contribution in [-0.4, -0.2) is 61.4 Å². The van der Waals surface area contributed by atoms with E-state index < -0.39 is 10.0 Å². The summed E-state index contributed by atoms with van der Waals surface area (Å²) in [5, 5.41) is 12.6. The standard InChI is InChI=1S/C11H21N5O3S/c1-19-9-8-16-10(4-7-15-5-2-3-6-15)13-14-11(16)20(12,17)18/h2-9H2,1H3,(H2,12,17,18). The van der Waals surface area contributed by atoms with Crippen molar-refractivity contribution in [2.45, 2.75) is 31.0 Å². The topological polar surface area (TPSA) is 103 Å². The smallest absolute Gasteiger partial charge is 0.273 e. The number of hydrogen-bond acceptors (Lipinski definition) is 6. The molecule has 2 N–H and O–H groups in total. The van der Waals surface area contributed by atoms with Crippen molar-refractivity contribution >= 4 is 10.0 Å². The number of ether oxygens (including phenoxy) is 1. The Morgan fingerprint density at radius 3 is 2.55 bits per heavy atom. The van der Waals surface area contributed by atoms with E-state index in [0.717, 1.165) is 19.6 Å². The highest BCUT2D eigenvalue weighted by molar-refractivity contribution is 7.89. The third-order valence-corrected chi connectivity index (χ3v) is 4.23. The first-order valence-corrected chi connectivity index (χ1v) is 8.23. The van der Waals surface area contributed by atoms with E-state index >= 15 is 0 Å². The summed E-state index contributed by atoms with van der Waals surface area (Å²) in [6, 6.07) is 0. The number of sulfonamides is 1. The zero-order valence-corrected chi connectivity index (χ0v) is 12.5. The average molecular weight is 303 g/mol. The molecule has 1 saturated heterocycles. The molecule has 0 amide bonds. The Bertz CT molecular complexity index is 536. The lowest BCUT2D eigenvalue weighted by atomic mass is 10.3. The van der Waals surface area contributed by atoms with E-state index in [9.17, 15) is 8.42 Å². The van der Waals surface area contributed by atoms with Crippen LogP contribution in [0.5, 0.6) is 0 Å². The second-order valence-corrected chi connectivity index (χ2v) is 6.34. The third-order valence-electron chi connectivity index (χ3n) is 3.42. The molecule has 1 aliphatic heterocycles. The summed E-state index contributed by atoms with van der Waals surface area (Å²) in [5.41, 5.74) is 0. The molecule has 0 radical (unpaired) electrons. The number of hydrogen-bond donors (Lipinski definition) is 1. The normalized spacial score (nSPS) is 16.9. The molecule has 0 saturated carbocycles. The van der Waals surface area contributed by atoms with Gasteiger partial charge in [-0.3, -0.25) is 4.57 Å². The van der Waals surface area contributed by atoms with Crippen LogP contribution in [0, 0.1) is 0 Å². The number of likely N-dealkylation sites (tertiary alicyclic amines) is 1. The Balaban J connectivity index is 2.12. The summed E-state index contributed by atoms with van der Waals surface area (Å²) in [6.45, 7) is 3.81. The van der Waals surface area contributed by atoms with Gasteiger partial charge in [-0.05, 0) is 25.9 Å². The molecule has 2 rings (SSSR count). The van der Waals surface area contributed by atoms with Gasteiger partial charge in [-0.1, -0.05) is 0 Å². The first-order valence-electron chi connectivity index (χ1n) is 6.68. The van der Waals surface area contributed by atoms with Crippen LogP contribution in [0.15, 0.2) is 5.16 Å². The van der Waals surface area contributed by atoms with Crippen molar-refractivity contribution in [1.82, 2.24) is 19.7 Å². The van der Waals surface area contributed by atoms with Gasteiger partial charge in [-0.15, -0.1) is 10.2 Å². The molecule has 0 spiro atoms. The van der Waals surface area contributed by atoms with Gasteiger partial charge in [0.15, 0.2) is 0 Å². The number of aromatic nitrogens is 3. The Morgan fingerprint density at radius 1 is 1.25 bits per heavy atom. The van der Waals surface area contributed by atoms with Crippen molar-refractivity contribution in [2.75, 3.05) is 33.4 Å². The van der Waals surface area contributed by atoms with Crippen LogP contribution in [-0.2, 0) is 27.7 Å². The average Bonchev–Trinajstić information content (AvgIpc) is 3.02. The van der Waals surface area contributed by atoms with E-state index in [-0.39, 0.29) is 5.16 Å². The number of nitrogens with zero attached hydrogens (tertiary/aromatic N) is 4. The molecule has 0 unspecified atom stereocenters. The van der Waals surface area contributed by atoms with Gasteiger partial charge in [-0.2, -0.15) is 0 Å². The predicted octanol–water partition coefficient (Wildman–Crippen LogP) is -0.790. The minimum atomic E-state index is -3.86. The summed E-state index contributed by atoms with van der Waals surface area (Å²) in [6.07, 6.45) is 3.10. The molecule has 1 fully saturated rings. The monoisotopic (exact) mass is 303 g/mol. The van der Waals surface area contributed by atoms with Crippen molar-refractivity contribution in [3.8, 4) is 0 Å². The van der Waals surface area contributed by atoms with Crippen molar-refractivity contribution in [3.05, 3.63) is 5.82 Å². The second-order valence-electron chi connectivity index (χ2n) is 4.89. The van der Waals surface area contributed by atoms with Gasteiger partial charge in [0.2, 0.25) is 0 Å². The molecule has 0 aromatic carbocycles. The Kier molecular flexibility index (Phi) is 5.08. The lowest BCUT2D eigenvalue weighted by molar-refractivity contribution is 0.183. The molecule has 2 heterocycles. The molecule has 1 aliphatic rings. The van der Waals surface area contributed by atoms with Crippen LogP contribution in [0.1, 0.15) is 18.7 Å². The molecule has 9 heteroatoms. The highest BCUT2D eigenvalue weighted by Crippen LogP contribution is 2.11. The fourth-order valence-electron chi connectivity index (χ4n) is 2.39. The maximum absolute atomic E-state index is 11.5. The lowest BCUT2D eigenvalue weighted by Crippen LogP contribution is -2.25. The molecule has 8 nitrogen and oxygen atoms in total. The largest absolute Gasteiger partial charge is 0.383 e. The van der Waals surface area contributed by atoms with Crippen LogP contribution in [0.4, 0.5) is 0 Å². The van der Waals surface area contributed by atoms with Crippen molar-refractivity contribution in [2.24, 2.45) is 5.14 Å². The predicted molar refractivity (Wildman–Crippen MR) is 72.6 cm³/mol. The minimum Gasteiger partial charge on any atom is -0.383 e. The minimum absolute atomic E-state index is 0.189. The summed E-state index contributed by atoms with van der Waals surface area (Å²) in [5.74, 6) is 0.637. The van der Waals surface area contributed by atoms with Crippen molar-refractivity contribution < 1.29 is 13.2 Å². The Hall–Kier alpha value is -1.03. The van der Waals surface area contributed by atoms with Crippen LogP contribution < -0.4 is 5.14 Å². The van der Waals surface area contributed by atoms with E-state index in [4.69, 9.17) is 9.88 Å². The molecule has 0 bridgehead atoms. The Labute approximate surface area is 119 Å². The van der Waals surface area contributed by atoms with Gasteiger partial charge < -0.3 is 9.64 Å². The highest BCUT2D eigenvalue weighted by Gasteiger charge is 2.21. The van der Waals surface area contributed by atoms with E-state index in [2.05, 4.69) is 15.1 Å². The molecule has 0 atom stereocenters. The SMILES string of the molecule is COCCn1c(CCN2CCCC2)nnc1S(N)(=O)=O. The number of rotatable bonds is 7. The molecule has 1 aromatic heterocycles. The summed E-state index contributed by atoms with van der Waals surface area (Å²) < 4.78 is 29.5. The quantitative estimate of drug-likeness (QED) is 0.708. The third kappa shape index (κ3) is 3.75.